The average Bonchev–Trinajstić information content (AvgIpc) is 2.36. The highest BCUT2D eigenvalue weighted by Crippen LogP contribution is 2.07. The molecule has 4 heteroatoms. The third-order valence-corrected chi connectivity index (χ3v) is 1.39. The minimum absolute atomic E-state index is 0.521. The molecular formula is C8H15N3O. The van der Waals surface area contributed by atoms with E-state index in [1.807, 2.05) is 6.92 Å². The van der Waals surface area contributed by atoms with E-state index in [1.165, 1.54) is 0 Å². The summed E-state index contributed by atoms with van der Waals surface area (Å²) in [6.07, 6.45) is 0.870. The Morgan fingerprint density at radius 3 is 2.83 bits per heavy atom. The predicted molar refractivity (Wildman–Crippen MR) is 47.0 cm³/mol. The lowest BCUT2D eigenvalue weighted by Gasteiger charge is -1.96. The van der Waals surface area contributed by atoms with Crippen LogP contribution in [-0.4, -0.2) is 16.7 Å². The number of hydrogen-bond acceptors (Lipinski definition) is 4. The highest BCUT2D eigenvalue weighted by atomic mass is 16.5. The molecule has 1 aromatic heterocycles. The monoisotopic (exact) mass is 169 g/mol. The van der Waals surface area contributed by atoms with E-state index < -0.39 is 0 Å². The fourth-order valence-electron chi connectivity index (χ4n) is 0.925. The molecule has 0 aromatic carbocycles. The normalized spacial score (nSPS) is 10.7. The first kappa shape index (κ1) is 9.03. The molecule has 0 atom stereocenters. The van der Waals surface area contributed by atoms with Crippen LogP contribution in [0.4, 0.5) is 6.01 Å². The van der Waals surface area contributed by atoms with Crippen LogP contribution in [0.25, 0.3) is 0 Å². The van der Waals surface area contributed by atoms with Crippen LogP contribution in [0.2, 0.25) is 0 Å². The summed E-state index contributed by atoms with van der Waals surface area (Å²) in [6, 6.07) is 0.521. The molecule has 12 heavy (non-hydrogen) atoms. The molecule has 0 radical (unpaired) electrons. The quantitative estimate of drug-likeness (QED) is 0.745. The molecule has 1 rings (SSSR count). The van der Waals surface area contributed by atoms with Crippen molar-refractivity contribution in [3.05, 3.63) is 5.82 Å². The minimum atomic E-state index is 0.521. The molecule has 1 N–H and O–H groups in total. The average molecular weight is 169 g/mol. The smallest absolute Gasteiger partial charge is 0.321 e. The van der Waals surface area contributed by atoms with Crippen molar-refractivity contribution in [3.8, 4) is 0 Å². The summed E-state index contributed by atoms with van der Waals surface area (Å²) in [6.45, 7) is 7.06. The van der Waals surface area contributed by atoms with E-state index in [1.54, 1.807) is 0 Å². The number of nitrogens with one attached hydrogen (secondary N) is 1. The number of nitrogens with zero attached hydrogens (tertiary/aromatic N) is 2. The van der Waals surface area contributed by atoms with Gasteiger partial charge in [-0.3, -0.25) is 0 Å². The minimum Gasteiger partial charge on any atom is -0.338 e. The highest BCUT2D eigenvalue weighted by molar-refractivity contribution is 5.17. The topological polar surface area (TPSA) is 51.0 Å². The van der Waals surface area contributed by atoms with Crippen LogP contribution < -0.4 is 5.32 Å². The summed E-state index contributed by atoms with van der Waals surface area (Å²) >= 11 is 0. The van der Waals surface area contributed by atoms with Crippen LogP contribution in [0.5, 0.6) is 0 Å². The zero-order valence-electron chi connectivity index (χ0n) is 7.79. The molecule has 0 amide bonds. The molecule has 0 spiro atoms. The van der Waals surface area contributed by atoms with E-state index in [4.69, 9.17) is 4.52 Å². The van der Waals surface area contributed by atoms with Crippen LogP contribution in [0, 0.1) is 5.92 Å². The maximum absolute atomic E-state index is 4.93. The zero-order valence-corrected chi connectivity index (χ0v) is 7.79. The Balaban J connectivity index is 2.52. The molecule has 0 fully saturated rings. The Kier molecular flexibility index (Phi) is 3.08. The van der Waals surface area contributed by atoms with Gasteiger partial charge in [-0.05, 0) is 12.8 Å². The second kappa shape index (κ2) is 4.09. The summed E-state index contributed by atoms with van der Waals surface area (Å²) in [4.78, 5) is 4.15. The Labute approximate surface area is 72.4 Å². The van der Waals surface area contributed by atoms with Crippen molar-refractivity contribution >= 4 is 6.01 Å². The Morgan fingerprint density at radius 1 is 1.50 bits per heavy atom. The van der Waals surface area contributed by atoms with Gasteiger partial charge in [0.15, 0.2) is 5.82 Å². The molecule has 0 aliphatic heterocycles. The number of rotatable bonds is 4. The Hall–Kier alpha value is -1.06. The summed E-state index contributed by atoms with van der Waals surface area (Å²) < 4.78 is 4.93. The molecule has 68 valence electrons. The van der Waals surface area contributed by atoms with E-state index in [-0.39, 0.29) is 0 Å². The fraction of sp³-hybridized carbons (Fsp3) is 0.750. The summed E-state index contributed by atoms with van der Waals surface area (Å²) in [5, 5.41) is 6.79. The fourth-order valence-corrected chi connectivity index (χ4v) is 0.925. The molecule has 1 heterocycles. The molecule has 0 aliphatic carbocycles. The maximum Gasteiger partial charge on any atom is 0.321 e. The Morgan fingerprint density at radius 2 is 2.25 bits per heavy atom. The SMILES string of the molecule is CCNc1nc(CC(C)C)no1. The van der Waals surface area contributed by atoms with Gasteiger partial charge in [-0.25, -0.2) is 0 Å². The number of anilines is 1. The predicted octanol–water partition coefficient (Wildman–Crippen LogP) is 1.70. The Bertz CT molecular complexity index is 232. The van der Waals surface area contributed by atoms with Gasteiger partial charge in [0.05, 0.1) is 0 Å². The third-order valence-electron chi connectivity index (χ3n) is 1.39. The molecular weight excluding hydrogens is 154 g/mol. The van der Waals surface area contributed by atoms with Crippen LogP contribution in [0.1, 0.15) is 26.6 Å². The van der Waals surface area contributed by atoms with Crippen LogP contribution in [-0.2, 0) is 6.42 Å². The van der Waals surface area contributed by atoms with Gasteiger partial charge in [0.25, 0.3) is 0 Å². The van der Waals surface area contributed by atoms with E-state index in [9.17, 15) is 0 Å². The van der Waals surface area contributed by atoms with Crippen molar-refractivity contribution < 1.29 is 4.52 Å². The van der Waals surface area contributed by atoms with E-state index in [0.29, 0.717) is 11.9 Å². The first-order chi connectivity index (χ1) is 5.72. The van der Waals surface area contributed by atoms with Gasteiger partial charge in [-0.2, -0.15) is 4.98 Å². The van der Waals surface area contributed by atoms with E-state index >= 15 is 0 Å². The van der Waals surface area contributed by atoms with Crippen molar-refractivity contribution in [3.63, 3.8) is 0 Å². The van der Waals surface area contributed by atoms with Crippen LogP contribution >= 0.6 is 0 Å². The van der Waals surface area contributed by atoms with Gasteiger partial charge in [-0.1, -0.05) is 19.0 Å². The van der Waals surface area contributed by atoms with Gasteiger partial charge in [-0.15, -0.1) is 0 Å². The largest absolute Gasteiger partial charge is 0.338 e. The van der Waals surface area contributed by atoms with Crippen LogP contribution in [0.3, 0.4) is 0 Å². The van der Waals surface area contributed by atoms with E-state index in [2.05, 4.69) is 29.3 Å². The molecule has 0 aliphatic rings. The number of hydrogen-bond donors (Lipinski definition) is 1. The summed E-state index contributed by atoms with van der Waals surface area (Å²) in [5.41, 5.74) is 0. The van der Waals surface area contributed by atoms with Crippen molar-refractivity contribution in [1.82, 2.24) is 10.1 Å². The molecule has 0 bridgehead atoms. The lowest BCUT2D eigenvalue weighted by atomic mass is 10.1. The molecule has 4 nitrogen and oxygen atoms in total. The first-order valence-corrected chi connectivity index (χ1v) is 4.28. The second-order valence-electron chi connectivity index (χ2n) is 3.14. The standard InChI is InChI=1S/C8H15N3O/c1-4-9-8-10-7(11-12-8)5-6(2)3/h6H,4-5H2,1-3H3,(H,9,10,11). The highest BCUT2D eigenvalue weighted by Gasteiger charge is 2.05. The van der Waals surface area contributed by atoms with Crippen LogP contribution in [0.15, 0.2) is 4.52 Å². The lowest BCUT2D eigenvalue weighted by Crippen LogP contribution is -1.98. The van der Waals surface area contributed by atoms with E-state index in [0.717, 1.165) is 18.8 Å². The summed E-state index contributed by atoms with van der Waals surface area (Å²) in [5.74, 6) is 1.35. The van der Waals surface area contributed by atoms with Crippen molar-refractivity contribution in [2.45, 2.75) is 27.2 Å². The lowest BCUT2D eigenvalue weighted by molar-refractivity contribution is 0.418. The van der Waals surface area contributed by atoms with Gasteiger partial charge in [0, 0.05) is 13.0 Å². The third kappa shape index (κ3) is 2.53. The van der Waals surface area contributed by atoms with Gasteiger partial charge in [0.2, 0.25) is 0 Å². The molecule has 0 saturated heterocycles. The van der Waals surface area contributed by atoms with Gasteiger partial charge < -0.3 is 9.84 Å². The zero-order chi connectivity index (χ0) is 8.97. The van der Waals surface area contributed by atoms with Crippen molar-refractivity contribution in [2.75, 3.05) is 11.9 Å². The molecule has 0 saturated carbocycles. The number of aromatic nitrogens is 2. The summed E-state index contributed by atoms with van der Waals surface area (Å²) in [7, 11) is 0. The van der Waals surface area contributed by atoms with Crippen molar-refractivity contribution in [1.29, 1.82) is 0 Å². The van der Waals surface area contributed by atoms with Gasteiger partial charge >= 0.3 is 6.01 Å². The molecule has 0 unspecified atom stereocenters. The molecule has 1 aromatic rings. The van der Waals surface area contributed by atoms with Crippen molar-refractivity contribution in [2.24, 2.45) is 5.92 Å². The first-order valence-electron chi connectivity index (χ1n) is 4.28. The second-order valence-corrected chi connectivity index (χ2v) is 3.14. The maximum atomic E-state index is 4.93. The van der Waals surface area contributed by atoms with Gasteiger partial charge in [0.1, 0.15) is 0 Å².